The summed E-state index contributed by atoms with van der Waals surface area (Å²) in [6.45, 7) is 3.22. The van der Waals surface area contributed by atoms with E-state index in [1.54, 1.807) is 0 Å². The number of hydrogen-bond donors (Lipinski definition) is 1. The molecule has 0 aromatic heterocycles. The van der Waals surface area contributed by atoms with Gasteiger partial charge in [-0.05, 0) is 13.8 Å². The average molecular weight is 349 g/mol. The minimum atomic E-state index is -2.30. The van der Waals surface area contributed by atoms with Crippen molar-refractivity contribution in [2.45, 2.75) is 30.9 Å². The maximum atomic E-state index is 10.7. The zero-order valence-corrected chi connectivity index (χ0v) is 13.4. The van der Waals surface area contributed by atoms with Crippen LogP contribution >= 0.6 is 54.7 Å². The first-order valence-corrected chi connectivity index (χ1v) is 7.72. The van der Waals surface area contributed by atoms with Gasteiger partial charge in [-0.1, -0.05) is 4.52 Å². The van der Waals surface area contributed by atoms with Gasteiger partial charge < -0.3 is 5.11 Å². The minimum Gasteiger partial charge on any atom is -0.364 e. The molecule has 0 saturated carbocycles. The number of alkyl halides is 4. The van der Waals surface area contributed by atoms with E-state index < -0.39 is 19.9 Å². The predicted octanol–water partition coefficient (Wildman–Crippen LogP) is 3.71. The molecule has 0 rings (SSSR count). The lowest BCUT2D eigenvalue weighted by Gasteiger charge is -1.97. The van der Waals surface area contributed by atoms with Crippen molar-refractivity contribution < 1.29 is 18.7 Å². The molecule has 0 heterocycles. The largest absolute Gasteiger partial charge is 0.700 e. The Balaban J connectivity index is 0. The van der Waals surface area contributed by atoms with Crippen LogP contribution in [0.15, 0.2) is 0 Å². The SMILES string of the molecule is CC(Cl)CCl.CC(O)O[P+](=O)OCC(Cl)CCl. The third-order valence-corrected chi connectivity index (χ3v) is 3.40. The monoisotopic (exact) mass is 347 g/mol. The summed E-state index contributed by atoms with van der Waals surface area (Å²) in [7, 11) is -2.30. The number of aliphatic hydroxyl groups is 1. The molecule has 0 aliphatic heterocycles. The Morgan fingerprint density at radius 2 is 1.71 bits per heavy atom. The first-order valence-electron chi connectivity index (χ1n) is 4.68. The lowest BCUT2D eigenvalue weighted by atomic mass is 10.5. The summed E-state index contributed by atoms with van der Waals surface area (Å²) in [4.78, 5) is 0. The van der Waals surface area contributed by atoms with Crippen LogP contribution in [0.3, 0.4) is 0 Å². The smallest absolute Gasteiger partial charge is 0.364 e. The quantitative estimate of drug-likeness (QED) is 0.433. The molecule has 17 heavy (non-hydrogen) atoms. The molecular weight excluding hydrogens is 333 g/mol. The van der Waals surface area contributed by atoms with Crippen LogP contribution in [0.1, 0.15) is 13.8 Å². The second-order valence-corrected chi connectivity index (χ2v) is 5.81. The van der Waals surface area contributed by atoms with Gasteiger partial charge in [0.05, 0.1) is 5.38 Å². The van der Waals surface area contributed by atoms with E-state index in [2.05, 4.69) is 9.05 Å². The maximum absolute atomic E-state index is 10.7. The molecule has 1 N–H and O–H groups in total. The molecule has 0 amide bonds. The summed E-state index contributed by atoms with van der Waals surface area (Å²) in [6, 6.07) is 0. The predicted molar refractivity (Wildman–Crippen MR) is 72.7 cm³/mol. The molecule has 4 nitrogen and oxygen atoms in total. The third-order valence-electron chi connectivity index (χ3n) is 0.979. The minimum absolute atomic E-state index is 0.0347. The van der Waals surface area contributed by atoms with Gasteiger partial charge in [0, 0.05) is 21.7 Å². The fraction of sp³-hybridized carbons (Fsp3) is 1.00. The molecule has 0 aliphatic carbocycles. The van der Waals surface area contributed by atoms with Crippen molar-refractivity contribution in [3.8, 4) is 0 Å². The van der Waals surface area contributed by atoms with Crippen molar-refractivity contribution in [3.05, 3.63) is 0 Å². The Bertz CT molecular complexity index is 194. The fourth-order valence-corrected chi connectivity index (χ4v) is 1.19. The highest BCUT2D eigenvalue weighted by atomic mass is 35.5. The van der Waals surface area contributed by atoms with Crippen LogP contribution in [0.2, 0.25) is 0 Å². The van der Waals surface area contributed by atoms with Gasteiger partial charge in [-0.25, -0.2) is 0 Å². The zero-order chi connectivity index (χ0) is 13.8. The third kappa shape index (κ3) is 19.7. The van der Waals surface area contributed by atoms with Crippen LogP contribution in [0.4, 0.5) is 0 Å². The van der Waals surface area contributed by atoms with Gasteiger partial charge in [0.15, 0.2) is 0 Å². The van der Waals surface area contributed by atoms with Crippen molar-refractivity contribution in [1.82, 2.24) is 0 Å². The number of rotatable bonds is 7. The van der Waals surface area contributed by atoms with Crippen LogP contribution < -0.4 is 0 Å². The zero-order valence-electron chi connectivity index (χ0n) is 9.48. The van der Waals surface area contributed by atoms with Crippen molar-refractivity contribution >= 4 is 54.7 Å². The summed E-state index contributed by atoms with van der Waals surface area (Å²) in [5.41, 5.74) is 0. The van der Waals surface area contributed by atoms with Gasteiger partial charge in [0.2, 0.25) is 6.29 Å². The molecule has 0 saturated heterocycles. The molecule has 0 bridgehead atoms. The highest BCUT2D eigenvalue weighted by Gasteiger charge is 2.24. The van der Waals surface area contributed by atoms with Crippen LogP contribution in [0.25, 0.3) is 0 Å². The first-order chi connectivity index (χ1) is 7.83. The van der Waals surface area contributed by atoms with E-state index >= 15 is 0 Å². The number of hydrogen-bond acceptors (Lipinski definition) is 4. The molecule has 4 atom stereocenters. The topological polar surface area (TPSA) is 55.8 Å². The summed E-state index contributed by atoms with van der Waals surface area (Å²) in [6.07, 6.45) is -1.11. The molecule has 0 fully saturated rings. The average Bonchev–Trinajstić information content (AvgIpc) is 2.25. The normalized spacial score (nSPS) is 16.5. The summed E-state index contributed by atoms with van der Waals surface area (Å²) < 4.78 is 19.7. The lowest BCUT2D eigenvalue weighted by molar-refractivity contribution is -0.00606. The number of aliphatic hydroxyl groups excluding tert-OH is 1. The van der Waals surface area contributed by atoms with Crippen molar-refractivity contribution in [2.24, 2.45) is 0 Å². The van der Waals surface area contributed by atoms with Crippen LogP contribution in [0, 0.1) is 0 Å². The standard InChI is InChI=1S/C5H10Cl2O4P.C3H6Cl2/c1-4(8)11-12(9)10-3-5(7)2-6;1-3(5)2-4/h4-5,8H,2-3H2,1H3;3H,2H2,1H3/q+1;. The van der Waals surface area contributed by atoms with Crippen LogP contribution in [-0.2, 0) is 13.6 Å². The Morgan fingerprint density at radius 3 is 2.00 bits per heavy atom. The molecule has 9 heteroatoms. The Labute approximate surface area is 122 Å². The van der Waals surface area contributed by atoms with Gasteiger partial charge in [0.25, 0.3) is 0 Å². The van der Waals surface area contributed by atoms with Gasteiger partial charge in [-0.3, -0.25) is 0 Å². The van der Waals surface area contributed by atoms with Crippen molar-refractivity contribution in [2.75, 3.05) is 18.4 Å². The second kappa shape index (κ2) is 13.6. The Kier molecular flexibility index (Phi) is 16.3. The molecule has 0 aromatic carbocycles. The summed E-state index contributed by atoms with van der Waals surface area (Å²) >= 11 is 21.4. The van der Waals surface area contributed by atoms with E-state index in [0.29, 0.717) is 5.88 Å². The van der Waals surface area contributed by atoms with E-state index in [9.17, 15) is 4.57 Å². The maximum Gasteiger partial charge on any atom is 0.700 e. The van der Waals surface area contributed by atoms with E-state index in [-0.39, 0.29) is 17.9 Å². The van der Waals surface area contributed by atoms with E-state index in [1.807, 2.05) is 6.92 Å². The van der Waals surface area contributed by atoms with E-state index in [0.717, 1.165) is 0 Å². The first kappa shape index (κ1) is 20.5. The number of halogens is 4. The van der Waals surface area contributed by atoms with Crippen molar-refractivity contribution in [3.63, 3.8) is 0 Å². The van der Waals surface area contributed by atoms with Gasteiger partial charge >= 0.3 is 8.25 Å². The molecule has 0 aromatic rings. The summed E-state index contributed by atoms with van der Waals surface area (Å²) in [5.74, 6) is 0.751. The fourth-order valence-electron chi connectivity index (χ4n) is 0.341. The van der Waals surface area contributed by atoms with E-state index in [1.165, 1.54) is 6.92 Å². The molecule has 0 radical (unpaired) electrons. The summed E-state index contributed by atoms with van der Waals surface area (Å²) in [5, 5.41) is 8.32. The second-order valence-electron chi connectivity index (χ2n) is 2.91. The van der Waals surface area contributed by atoms with Crippen LogP contribution in [-0.4, -0.2) is 40.5 Å². The highest BCUT2D eigenvalue weighted by molar-refractivity contribution is 7.33. The molecule has 104 valence electrons. The van der Waals surface area contributed by atoms with Crippen molar-refractivity contribution in [1.29, 1.82) is 0 Å². The van der Waals surface area contributed by atoms with Gasteiger partial charge in [0.1, 0.15) is 6.61 Å². The van der Waals surface area contributed by atoms with Crippen LogP contribution in [0.5, 0.6) is 0 Å². The highest BCUT2D eigenvalue weighted by Crippen LogP contribution is 2.25. The molecular formula is C8H16Cl4O4P+. The van der Waals surface area contributed by atoms with E-state index in [4.69, 9.17) is 51.5 Å². The Morgan fingerprint density at radius 1 is 1.24 bits per heavy atom. The lowest BCUT2D eigenvalue weighted by Crippen LogP contribution is -2.09. The van der Waals surface area contributed by atoms with Gasteiger partial charge in [-0.2, -0.15) is 0 Å². The molecule has 0 aliphatic rings. The Hall–Kier alpha value is 1.14. The molecule has 0 spiro atoms. The molecule has 4 unspecified atom stereocenters. The van der Waals surface area contributed by atoms with Gasteiger partial charge in [-0.15, -0.1) is 50.9 Å².